The second-order valence-corrected chi connectivity index (χ2v) is 9.51. The van der Waals surface area contributed by atoms with Gasteiger partial charge in [0.1, 0.15) is 12.3 Å². The predicted molar refractivity (Wildman–Crippen MR) is 131 cm³/mol. The van der Waals surface area contributed by atoms with E-state index in [2.05, 4.69) is 12.1 Å². The summed E-state index contributed by atoms with van der Waals surface area (Å²) in [6.07, 6.45) is 0.934. The standard InChI is InChI=1S/C26H27N3O4S/c1-17-26(31)29(15-25(30)28-11-9-18-5-3-4-6-20(18)14-28)22-13-19(7-8-23(22)33-17)21-16-34-24(27-21)10-12-32-2/h3-8,13,16-17H,9-12,14-15H2,1-2H3. The molecule has 7 nitrogen and oxygen atoms in total. The van der Waals surface area contributed by atoms with E-state index in [1.165, 1.54) is 11.1 Å². The van der Waals surface area contributed by atoms with Gasteiger partial charge in [0, 0.05) is 37.6 Å². The van der Waals surface area contributed by atoms with Gasteiger partial charge in [0.2, 0.25) is 5.91 Å². The van der Waals surface area contributed by atoms with E-state index >= 15 is 0 Å². The summed E-state index contributed by atoms with van der Waals surface area (Å²) in [7, 11) is 1.68. The number of nitrogens with zero attached hydrogens (tertiary/aromatic N) is 3. The molecular weight excluding hydrogens is 450 g/mol. The highest BCUT2D eigenvalue weighted by Crippen LogP contribution is 2.38. The number of ether oxygens (including phenoxy) is 2. The first-order valence-corrected chi connectivity index (χ1v) is 12.3. The van der Waals surface area contributed by atoms with Gasteiger partial charge in [-0.05, 0) is 42.7 Å². The molecule has 34 heavy (non-hydrogen) atoms. The van der Waals surface area contributed by atoms with Crippen LogP contribution in [0.2, 0.25) is 0 Å². The fourth-order valence-electron chi connectivity index (χ4n) is 4.42. The normalized spacial score (nSPS) is 17.2. The molecule has 0 bridgehead atoms. The third kappa shape index (κ3) is 4.43. The minimum atomic E-state index is -0.645. The molecule has 2 aliphatic heterocycles. The van der Waals surface area contributed by atoms with Gasteiger partial charge in [0.05, 0.1) is 23.0 Å². The second-order valence-electron chi connectivity index (χ2n) is 8.57. The third-order valence-corrected chi connectivity index (χ3v) is 7.22. The van der Waals surface area contributed by atoms with Gasteiger partial charge < -0.3 is 14.4 Å². The molecule has 1 aromatic heterocycles. The predicted octanol–water partition coefficient (Wildman–Crippen LogP) is 3.70. The molecule has 1 unspecified atom stereocenters. The molecule has 8 heteroatoms. The number of carbonyl (C=O) groups excluding carboxylic acids is 2. The van der Waals surface area contributed by atoms with Crippen LogP contribution in [0.25, 0.3) is 11.3 Å². The quantitative estimate of drug-likeness (QED) is 0.541. The maximum absolute atomic E-state index is 13.3. The van der Waals surface area contributed by atoms with Crippen LogP contribution in [0.1, 0.15) is 23.1 Å². The first kappa shape index (κ1) is 22.6. The number of hydrogen-bond acceptors (Lipinski definition) is 6. The van der Waals surface area contributed by atoms with Gasteiger partial charge in [-0.25, -0.2) is 4.98 Å². The van der Waals surface area contributed by atoms with Crippen LogP contribution in [0.5, 0.6) is 5.75 Å². The van der Waals surface area contributed by atoms with Crippen molar-refractivity contribution >= 4 is 28.8 Å². The van der Waals surface area contributed by atoms with Crippen LogP contribution in [-0.4, -0.2) is 54.6 Å². The summed E-state index contributed by atoms with van der Waals surface area (Å²) in [4.78, 5) is 34.4. The van der Waals surface area contributed by atoms with Crippen molar-refractivity contribution in [1.82, 2.24) is 9.88 Å². The number of benzene rings is 2. The van der Waals surface area contributed by atoms with E-state index in [-0.39, 0.29) is 18.4 Å². The van der Waals surface area contributed by atoms with Gasteiger partial charge in [-0.2, -0.15) is 0 Å². The fourth-order valence-corrected chi connectivity index (χ4v) is 5.21. The lowest BCUT2D eigenvalue weighted by Gasteiger charge is -2.35. The fraction of sp³-hybridized carbons (Fsp3) is 0.346. The van der Waals surface area contributed by atoms with E-state index in [0.717, 1.165) is 29.1 Å². The van der Waals surface area contributed by atoms with Gasteiger partial charge >= 0.3 is 0 Å². The summed E-state index contributed by atoms with van der Waals surface area (Å²) in [5.74, 6) is 0.320. The van der Waals surface area contributed by atoms with Crippen LogP contribution >= 0.6 is 11.3 Å². The van der Waals surface area contributed by atoms with Crippen molar-refractivity contribution in [3.8, 4) is 17.0 Å². The Labute approximate surface area is 202 Å². The molecule has 1 atom stereocenters. The van der Waals surface area contributed by atoms with Crippen molar-refractivity contribution in [2.75, 3.05) is 31.7 Å². The van der Waals surface area contributed by atoms with Crippen LogP contribution in [0.15, 0.2) is 47.8 Å². The lowest BCUT2D eigenvalue weighted by molar-refractivity contribution is -0.133. The smallest absolute Gasteiger partial charge is 0.268 e. The number of anilines is 1. The molecule has 0 radical (unpaired) electrons. The maximum Gasteiger partial charge on any atom is 0.268 e. The molecule has 3 aromatic rings. The maximum atomic E-state index is 13.3. The number of fused-ring (bicyclic) bond motifs is 2. The second kappa shape index (κ2) is 9.56. The number of thiazole rings is 1. The van der Waals surface area contributed by atoms with Gasteiger partial charge in [-0.3, -0.25) is 14.5 Å². The number of aromatic nitrogens is 1. The Morgan fingerprint density at radius 1 is 1.24 bits per heavy atom. The average molecular weight is 478 g/mol. The van der Waals surface area contributed by atoms with Crippen molar-refractivity contribution < 1.29 is 19.1 Å². The Balaban J connectivity index is 1.39. The first-order valence-electron chi connectivity index (χ1n) is 11.4. The summed E-state index contributed by atoms with van der Waals surface area (Å²) in [5, 5.41) is 2.99. The Morgan fingerprint density at radius 3 is 2.88 bits per heavy atom. The van der Waals surface area contributed by atoms with Crippen LogP contribution in [-0.2, 0) is 33.7 Å². The van der Waals surface area contributed by atoms with Crippen LogP contribution in [0.4, 0.5) is 5.69 Å². The highest BCUT2D eigenvalue weighted by molar-refractivity contribution is 7.09. The number of carbonyl (C=O) groups is 2. The van der Waals surface area contributed by atoms with Crippen molar-refractivity contribution in [3.63, 3.8) is 0 Å². The molecule has 2 aliphatic rings. The van der Waals surface area contributed by atoms with Gasteiger partial charge in [0.15, 0.2) is 6.10 Å². The van der Waals surface area contributed by atoms with E-state index in [9.17, 15) is 9.59 Å². The first-order chi connectivity index (χ1) is 16.5. The summed E-state index contributed by atoms with van der Waals surface area (Å²) in [5.41, 5.74) is 4.78. The summed E-state index contributed by atoms with van der Waals surface area (Å²) < 4.78 is 11.0. The molecule has 2 aromatic carbocycles. The number of amides is 2. The highest BCUT2D eigenvalue weighted by atomic mass is 32.1. The van der Waals surface area contributed by atoms with Crippen molar-refractivity contribution in [2.24, 2.45) is 0 Å². The van der Waals surface area contributed by atoms with Crippen molar-refractivity contribution in [1.29, 1.82) is 0 Å². The van der Waals surface area contributed by atoms with E-state index in [1.807, 2.05) is 40.6 Å². The SMILES string of the molecule is COCCc1nc(-c2ccc3c(c2)N(CC(=O)N2CCc4ccccc4C2)C(=O)C(C)O3)cs1. The summed E-state index contributed by atoms with van der Waals surface area (Å²) in [6.45, 7) is 3.55. The van der Waals surface area contributed by atoms with Crippen LogP contribution in [0.3, 0.4) is 0 Å². The monoisotopic (exact) mass is 477 g/mol. The van der Waals surface area contributed by atoms with E-state index < -0.39 is 6.10 Å². The summed E-state index contributed by atoms with van der Waals surface area (Å²) in [6, 6.07) is 13.9. The van der Waals surface area contributed by atoms with Crippen LogP contribution in [0, 0.1) is 0 Å². The number of rotatable bonds is 6. The Bertz CT molecular complexity index is 1220. The highest BCUT2D eigenvalue weighted by Gasteiger charge is 2.34. The average Bonchev–Trinajstić information content (AvgIpc) is 3.34. The molecule has 5 rings (SSSR count). The zero-order valence-corrected chi connectivity index (χ0v) is 20.1. The van der Waals surface area contributed by atoms with Crippen molar-refractivity contribution in [2.45, 2.75) is 32.4 Å². The Kier molecular flexibility index (Phi) is 6.34. The van der Waals surface area contributed by atoms with E-state index in [0.29, 0.717) is 31.1 Å². The van der Waals surface area contributed by atoms with Gasteiger partial charge in [-0.15, -0.1) is 11.3 Å². The molecule has 2 amide bonds. The summed E-state index contributed by atoms with van der Waals surface area (Å²) >= 11 is 1.58. The topological polar surface area (TPSA) is 72.0 Å². The molecular formula is C26H27N3O4S. The van der Waals surface area contributed by atoms with E-state index in [1.54, 1.807) is 30.3 Å². The Morgan fingerprint density at radius 2 is 2.06 bits per heavy atom. The Hall–Kier alpha value is -3.23. The number of hydrogen-bond donors (Lipinski definition) is 0. The number of methoxy groups -OCH3 is 1. The molecule has 0 saturated carbocycles. The zero-order valence-electron chi connectivity index (χ0n) is 19.3. The molecule has 0 N–H and O–H groups in total. The van der Waals surface area contributed by atoms with E-state index in [4.69, 9.17) is 14.5 Å². The molecule has 0 spiro atoms. The minimum Gasteiger partial charge on any atom is -0.479 e. The lowest BCUT2D eigenvalue weighted by Crippen LogP contribution is -2.50. The largest absolute Gasteiger partial charge is 0.479 e. The molecule has 0 aliphatic carbocycles. The van der Waals surface area contributed by atoms with Gasteiger partial charge in [0.25, 0.3) is 5.91 Å². The molecule has 3 heterocycles. The lowest BCUT2D eigenvalue weighted by atomic mass is 10.00. The van der Waals surface area contributed by atoms with Gasteiger partial charge in [-0.1, -0.05) is 24.3 Å². The van der Waals surface area contributed by atoms with Crippen molar-refractivity contribution in [3.05, 3.63) is 64.0 Å². The minimum absolute atomic E-state index is 0.0126. The van der Waals surface area contributed by atoms with Crippen LogP contribution < -0.4 is 9.64 Å². The molecule has 0 fully saturated rings. The third-order valence-electron chi connectivity index (χ3n) is 6.31. The molecule has 0 saturated heterocycles. The molecule has 176 valence electrons. The zero-order chi connectivity index (χ0) is 23.7.